The quantitative estimate of drug-likeness (QED) is 0.679. The molecule has 2 atom stereocenters. The van der Waals surface area contributed by atoms with Gasteiger partial charge in [-0.25, -0.2) is 0 Å². The zero-order valence-corrected chi connectivity index (χ0v) is 8.25. The summed E-state index contributed by atoms with van der Waals surface area (Å²) >= 11 is 0. The van der Waals surface area contributed by atoms with Gasteiger partial charge in [0.15, 0.2) is 0 Å². The molecule has 76 valence electrons. The Morgan fingerprint density at radius 3 is 2.38 bits per heavy atom. The molecule has 3 nitrogen and oxygen atoms in total. The van der Waals surface area contributed by atoms with Crippen LogP contribution < -0.4 is 5.73 Å². The van der Waals surface area contributed by atoms with E-state index in [1.165, 1.54) is 6.42 Å². The molecule has 0 aliphatic heterocycles. The van der Waals surface area contributed by atoms with Crippen molar-refractivity contribution in [1.82, 2.24) is 0 Å². The zero-order chi connectivity index (χ0) is 9.53. The fourth-order valence-electron chi connectivity index (χ4n) is 2.87. The van der Waals surface area contributed by atoms with Crippen molar-refractivity contribution in [2.45, 2.75) is 43.8 Å². The van der Waals surface area contributed by atoms with E-state index in [-0.39, 0.29) is 11.5 Å². The van der Waals surface area contributed by atoms with Crippen LogP contribution in [-0.2, 0) is 4.74 Å². The Labute approximate surface area is 79.3 Å². The van der Waals surface area contributed by atoms with Crippen LogP contribution in [0.5, 0.6) is 0 Å². The number of nitrogens with two attached hydrogens (primary N) is 1. The molecule has 0 spiro atoms. The van der Waals surface area contributed by atoms with Crippen LogP contribution in [0.1, 0.15) is 32.1 Å². The van der Waals surface area contributed by atoms with E-state index in [2.05, 4.69) is 0 Å². The van der Waals surface area contributed by atoms with Crippen molar-refractivity contribution in [2.24, 2.45) is 11.1 Å². The van der Waals surface area contributed by atoms with E-state index in [4.69, 9.17) is 10.5 Å². The summed E-state index contributed by atoms with van der Waals surface area (Å²) in [5.74, 6) is 0. The van der Waals surface area contributed by atoms with Gasteiger partial charge in [0.1, 0.15) is 0 Å². The number of methoxy groups -OCH3 is 1. The highest BCUT2D eigenvalue weighted by Gasteiger charge is 2.61. The average molecular weight is 185 g/mol. The molecule has 2 aliphatic rings. The van der Waals surface area contributed by atoms with Gasteiger partial charge < -0.3 is 15.6 Å². The summed E-state index contributed by atoms with van der Waals surface area (Å²) < 4.78 is 5.28. The van der Waals surface area contributed by atoms with E-state index in [9.17, 15) is 5.11 Å². The molecule has 0 bridgehead atoms. The largest absolute Gasteiger partial charge is 0.387 e. The minimum absolute atomic E-state index is 0.0219. The molecule has 2 rings (SSSR count). The third-order valence-electron chi connectivity index (χ3n) is 4.22. The van der Waals surface area contributed by atoms with Crippen molar-refractivity contribution < 1.29 is 9.84 Å². The maximum atomic E-state index is 10.4. The molecule has 3 N–H and O–H groups in total. The maximum absolute atomic E-state index is 10.4. The fourth-order valence-corrected chi connectivity index (χ4v) is 2.87. The smallest absolute Gasteiger partial charge is 0.0976 e. The summed E-state index contributed by atoms with van der Waals surface area (Å²) in [6, 6.07) is 0. The van der Waals surface area contributed by atoms with Crippen LogP contribution in [0.3, 0.4) is 0 Å². The summed E-state index contributed by atoms with van der Waals surface area (Å²) in [5.41, 5.74) is 5.13. The first-order valence-electron chi connectivity index (χ1n) is 5.14. The van der Waals surface area contributed by atoms with Crippen LogP contribution in [0.25, 0.3) is 0 Å². The normalized spacial score (nSPS) is 42.2. The Morgan fingerprint density at radius 1 is 1.46 bits per heavy atom. The Bertz CT molecular complexity index is 196. The average Bonchev–Trinajstić information content (AvgIpc) is 2.02. The van der Waals surface area contributed by atoms with Crippen molar-refractivity contribution in [3.8, 4) is 0 Å². The Hall–Kier alpha value is -0.120. The molecule has 0 aromatic carbocycles. The lowest BCUT2D eigenvalue weighted by Gasteiger charge is -2.60. The lowest BCUT2D eigenvalue weighted by Crippen LogP contribution is -2.68. The monoisotopic (exact) mass is 185 g/mol. The van der Waals surface area contributed by atoms with E-state index in [1.807, 2.05) is 0 Å². The van der Waals surface area contributed by atoms with E-state index < -0.39 is 5.60 Å². The number of ether oxygens (including phenoxy) is 1. The molecule has 2 aliphatic carbocycles. The molecule has 2 unspecified atom stereocenters. The summed E-state index contributed by atoms with van der Waals surface area (Å²) in [5, 5.41) is 10.4. The molecular formula is C10H19NO2. The first-order valence-corrected chi connectivity index (χ1v) is 5.14. The van der Waals surface area contributed by atoms with Gasteiger partial charge in [0.25, 0.3) is 0 Å². The van der Waals surface area contributed by atoms with Gasteiger partial charge in [0, 0.05) is 19.1 Å². The maximum Gasteiger partial charge on any atom is 0.0976 e. The molecule has 3 heteroatoms. The van der Waals surface area contributed by atoms with Crippen LogP contribution in [0.4, 0.5) is 0 Å². The summed E-state index contributed by atoms with van der Waals surface area (Å²) in [6.45, 7) is 0.601. The van der Waals surface area contributed by atoms with Gasteiger partial charge >= 0.3 is 0 Å². The van der Waals surface area contributed by atoms with Crippen LogP contribution in [0.2, 0.25) is 0 Å². The number of hydrogen-bond acceptors (Lipinski definition) is 3. The summed E-state index contributed by atoms with van der Waals surface area (Å²) in [6.07, 6.45) is 5.21. The predicted octanol–water partition coefficient (Wildman–Crippen LogP) is 0.655. The fraction of sp³-hybridized carbons (Fsp3) is 1.00. The minimum Gasteiger partial charge on any atom is -0.387 e. The van der Waals surface area contributed by atoms with E-state index in [1.54, 1.807) is 7.11 Å². The van der Waals surface area contributed by atoms with Crippen LogP contribution in [0, 0.1) is 5.41 Å². The zero-order valence-electron chi connectivity index (χ0n) is 8.25. The summed E-state index contributed by atoms with van der Waals surface area (Å²) in [7, 11) is 1.68. The molecule has 0 aromatic rings. The van der Waals surface area contributed by atoms with Gasteiger partial charge in [-0.1, -0.05) is 6.42 Å². The lowest BCUT2D eigenvalue weighted by molar-refractivity contribution is -0.244. The number of hydrogen-bond donors (Lipinski definition) is 2. The highest BCUT2D eigenvalue weighted by molar-refractivity contribution is 5.13. The van der Waals surface area contributed by atoms with Crippen molar-refractivity contribution >= 4 is 0 Å². The van der Waals surface area contributed by atoms with Crippen molar-refractivity contribution in [3.05, 3.63) is 0 Å². The van der Waals surface area contributed by atoms with Gasteiger partial charge in [-0.2, -0.15) is 0 Å². The molecular weight excluding hydrogens is 166 g/mol. The highest BCUT2D eigenvalue weighted by Crippen LogP contribution is 2.57. The second kappa shape index (κ2) is 2.94. The topological polar surface area (TPSA) is 55.5 Å². The molecule has 0 amide bonds. The van der Waals surface area contributed by atoms with Gasteiger partial charge in [-0.3, -0.25) is 0 Å². The molecule has 2 saturated carbocycles. The van der Waals surface area contributed by atoms with Gasteiger partial charge in [-0.05, 0) is 25.7 Å². The second-order valence-electron chi connectivity index (χ2n) is 4.53. The van der Waals surface area contributed by atoms with Crippen molar-refractivity contribution in [1.29, 1.82) is 0 Å². The van der Waals surface area contributed by atoms with Crippen molar-refractivity contribution in [2.75, 3.05) is 13.7 Å². The van der Waals surface area contributed by atoms with Gasteiger partial charge in [-0.15, -0.1) is 0 Å². The van der Waals surface area contributed by atoms with Crippen LogP contribution >= 0.6 is 0 Å². The Morgan fingerprint density at radius 2 is 2.15 bits per heavy atom. The van der Waals surface area contributed by atoms with Crippen LogP contribution in [0.15, 0.2) is 0 Å². The van der Waals surface area contributed by atoms with E-state index >= 15 is 0 Å². The number of aliphatic hydroxyl groups is 1. The Kier molecular flexibility index (Phi) is 2.13. The van der Waals surface area contributed by atoms with Crippen LogP contribution in [-0.4, -0.2) is 30.5 Å². The van der Waals surface area contributed by atoms with Gasteiger partial charge in [0.05, 0.1) is 11.7 Å². The highest BCUT2D eigenvalue weighted by atomic mass is 16.5. The second-order valence-corrected chi connectivity index (χ2v) is 4.53. The minimum atomic E-state index is -0.616. The first kappa shape index (κ1) is 9.44. The SMILES string of the molecule is COC1CCC1(O)C1(CN)CCC1. The first-order chi connectivity index (χ1) is 6.18. The third kappa shape index (κ3) is 1.01. The van der Waals surface area contributed by atoms with E-state index in [0.717, 1.165) is 25.7 Å². The third-order valence-corrected chi connectivity index (χ3v) is 4.22. The molecule has 0 aromatic heterocycles. The predicted molar refractivity (Wildman–Crippen MR) is 50.3 cm³/mol. The summed E-state index contributed by atoms with van der Waals surface area (Å²) in [4.78, 5) is 0. The standard InChI is InChI=1S/C10H19NO2/c1-13-8-3-6-10(8,12)9(7-11)4-2-5-9/h8,12H,2-7,11H2,1H3. The Balaban J connectivity index is 2.13. The van der Waals surface area contributed by atoms with Gasteiger partial charge in [0.2, 0.25) is 0 Å². The van der Waals surface area contributed by atoms with E-state index in [0.29, 0.717) is 6.54 Å². The lowest BCUT2D eigenvalue weighted by atomic mass is 9.51. The molecule has 0 saturated heterocycles. The molecule has 13 heavy (non-hydrogen) atoms. The molecule has 2 fully saturated rings. The number of rotatable bonds is 3. The van der Waals surface area contributed by atoms with Crippen molar-refractivity contribution in [3.63, 3.8) is 0 Å². The molecule has 0 heterocycles. The molecule has 0 radical (unpaired) electrons.